The highest BCUT2D eigenvalue weighted by Gasteiger charge is 2.20. The van der Waals surface area contributed by atoms with Crippen molar-refractivity contribution in [2.24, 2.45) is 5.92 Å². The summed E-state index contributed by atoms with van der Waals surface area (Å²) in [5, 5.41) is 0.430. The van der Waals surface area contributed by atoms with Crippen molar-refractivity contribution in [1.29, 1.82) is 0 Å². The van der Waals surface area contributed by atoms with Crippen LogP contribution in [0.25, 0.3) is 0 Å². The number of carbonyl (C=O) groups excluding carboxylic acids is 1. The lowest BCUT2D eigenvalue weighted by molar-refractivity contribution is 0.0186. The van der Waals surface area contributed by atoms with Gasteiger partial charge in [-0.25, -0.2) is 4.79 Å². The molecule has 17 heavy (non-hydrogen) atoms. The molecule has 2 heterocycles. The molecule has 94 valence electrons. The number of anilines is 1. The number of aryl methyl sites for hydroxylation is 1. The van der Waals surface area contributed by atoms with Crippen LogP contribution >= 0.6 is 11.5 Å². The third-order valence-corrected chi connectivity index (χ3v) is 3.65. The average Bonchev–Trinajstić information content (AvgIpc) is 2.67. The summed E-state index contributed by atoms with van der Waals surface area (Å²) < 4.78 is 14.6. The van der Waals surface area contributed by atoms with Crippen molar-refractivity contribution in [2.75, 3.05) is 25.6 Å². The minimum Gasteiger partial charge on any atom is -0.462 e. The van der Waals surface area contributed by atoms with E-state index in [-0.39, 0.29) is 5.97 Å². The number of ether oxygens (including phenoxy) is 2. The maximum Gasteiger partial charge on any atom is 0.343 e. The van der Waals surface area contributed by atoms with Crippen molar-refractivity contribution in [2.45, 2.75) is 19.8 Å². The second-order valence-electron chi connectivity index (χ2n) is 4.16. The second-order valence-corrected chi connectivity index (χ2v) is 4.97. The number of esters is 1. The molecular formula is C11H16N2O3S. The summed E-state index contributed by atoms with van der Waals surface area (Å²) in [5.74, 6) is 0.0427. The molecule has 2 rings (SSSR count). The van der Waals surface area contributed by atoms with Gasteiger partial charge in [0.1, 0.15) is 10.6 Å². The molecule has 1 aliphatic rings. The first-order chi connectivity index (χ1) is 8.18. The smallest absolute Gasteiger partial charge is 0.343 e. The van der Waals surface area contributed by atoms with Crippen molar-refractivity contribution in [3.63, 3.8) is 0 Å². The quantitative estimate of drug-likeness (QED) is 0.832. The van der Waals surface area contributed by atoms with E-state index in [0.29, 0.717) is 28.8 Å². The molecule has 6 heteroatoms. The number of nitrogens with two attached hydrogens (primary N) is 1. The monoisotopic (exact) mass is 256 g/mol. The fourth-order valence-corrected chi connectivity index (χ4v) is 2.46. The zero-order chi connectivity index (χ0) is 12.3. The molecule has 1 fully saturated rings. The molecule has 1 saturated heterocycles. The Morgan fingerprint density at radius 2 is 2.29 bits per heavy atom. The van der Waals surface area contributed by atoms with Gasteiger partial charge in [-0.2, -0.15) is 4.37 Å². The number of hydrogen-bond donors (Lipinski definition) is 1. The summed E-state index contributed by atoms with van der Waals surface area (Å²) in [5.41, 5.74) is 6.75. The van der Waals surface area contributed by atoms with Gasteiger partial charge in [0, 0.05) is 13.2 Å². The van der Waals surface area contributed by atoms with Gasteiger partial charge in [0.05, 0.1) is 12.3 Å². The normalized spacial score (nSPS) is 17.0. The van der Waals surface area contributed by atoms with Crippen molar-refractivity contribution < 1.29 is 14.3 Å². The van der Waals surface area contributed by atoms with Crippen molar-refractivity contribution in [3.8, 4) is 0 Å². The Bertz CT molecular complexity index is 380. The van der Waals surface area contributed by atoms with Crippen LogP contribution < -0.4 is 5.73 Å². The molecule has 0 atom stereocenters. The van der Waals surface area contributed by atoms with Gasteiger partial charge in [0.25, 0.3) is 0 Å². The maximum atomic E-state index is 11.8. The summed E-state index contributed by atoms with van der Waals surface area (Å²) in [7, 11) is 0. The molecule has 0 bridgehead atoms. The van der Waals surface area contributed by atoms with E-state index in [1.165, 1.54) is 0 Å². The summed E-state index contributed by atoms with van der Waals surface area (Å²) in [4.78, 5) is 11.8. The van der Waals surface area contributed by atoms with E-state index in [9.17, 15) is 4.79 Å². The van der Waals surface area contributed by atoms with E-state index >= 15 is 0 Å². The van der Waals surface area contributed by atoms with Gasteiger partial charge in [0.15, 0.2) is 0 Å². The van der Waals surface area contributed by atoms with Gasteiger partial charge in [-0.1, -0.05) is 0 Å². The van der Waals surface area contributed by atoms with E-state index in [0.717, 1.165) is 37.6 Å². The van der Waals surface area contributed by atoms with Crippen LogP contribution in [0.4, 0.5) is 5.00 Å². The number of rotatable bonds is 3. The molecule has 5 nitrogen and oxygen atoms in total. The predicted octanol–water partition coefficient (Wildman–Crippen LogP) is 1.62. The Labute approximate surface area is 104 Å². The van der Waals surface area contributed by atoms with Gasteiger partial charge in [-0.05, 0) is 37.2 Å². The standard InChI is InChI=1S/C11H16N2O3S/c1-7-9(10(12)17-13-7)11(14)16-6-8-2-4-15-5-3-8/h8H,2-6,12H2,1H3. The molecule has 0 spiro atoms. The van der Waals surface area contributed by atoms with E-state index in [1.807, 2.05) is 0 Å². The van der Waals surface area contributed by atoms with Gasteiger partial charge >= 0.3 is 5.97 Å². The van der Waals surface area contributed by atoms with Crippen molar-refractivity contribution >= 4 is 22.5 Å². The average molecular weight is 256 g/mol. The Hall–Kier alpha value is -1.14. The first-order valence-corrected chi connectivity index (χ1v) is 6.42. The minimum absolute atomic E-state index is 0.361. The fourth-order valence-electron chi connectivity index (χ4n) is 1.81. The predicted molar refractivity (Wildman–Crippen MR) is 65.1 cm³/mol. The Kier molecular flexibility index (Phi) is 3.96. The maximum absolute atomic E-state index is 11.8. The van der Waals surface area contributed by atoms with Crippen molar-refractivity contribution in [3.05, 3.63) is 11.3 Å². The molecule has 1 aromatic heterocycles. The first kappa shape index (κ1) is 12.3. The molecule has 0 aromatic carbocycles. The van der Waals surface area contributed by atoms with Gasteiger partial charge in [-0.15, -0.1) is 0 Å². The Morgan fingerprint density at radius 3 is 2.88 bits per heavy atom. The van der Waals surface area contributed by atoms with Crippen LogP contribution in [0.15, 0.2) is 0 Å². The van der Waals surface area contributed by atoms with Crippen LogP contribution in [-0.4, -0.2) is 30.2 Å². The van der Waals surface area contributed by atoms with Crippen LogP contribution in [0.3, 0.4) is 0 Å². The number of nitrogens with zero attached hydrogens (tertiary/aromatic N) is 1. The lowest BCUT2D eigenvalue weighted by Gasteiger charge is -2.21. The molecular weight excluding hydrogens is 240 g/mol. The van der Waals surface area contributed by atoms with Crippen LogP contribution in [0.1, 0.15) is 28.9 Å². The Morgan fingerprint density at radius 1 is 1.59 bits per heavy atom. The SMILES string of the molecule is Cc1nsc(N)c1C(=O)OCC1CCOCC1. The topological polar surface area (TPSA) is 74.4 Å². The van der Waals surface area contributed by atoms with Gasteiger partial charge in [-0.3, -0.25) is 0 Å². The summed E-state index contributed by atoms with van der Waals surface area (Å²) in [6, 6.07) is 0. The summed E-state index contributed by atoms with van der Waals surface area (Å²) in [6.07, 6.45) is 1.90. The highest BCUT2D eigenvalue weighted by molar-refractivity contribution is 7.10. The van der Waals surface area contributed by atoms with E-state index in [4.69, 9.17) is 15.2 Å². The van der Waals surface area contributed by atoms with Crippen LogP contribution in [-0.2, 0) is 9.47 Å². The Balaban J connectivity index is 1.89. The number of nitrogen functional groups attached to an aromatic ring is 1. The van der Waals surface area contributed by atoms with E-state index in [2.05, 4.69) is 4.37 Å². The van der Waals surface area contributed by atoms with Crippen molar-refractivity contribution in [1.82, 2.24) is 4.37 Å². The lowest BCUT2D eigenvalue weighted by Crippen LogP contribution is -2.22. The summed E-state index contributed by atoms with van der Waals surface area (Å²) >= 11 is 1.13. The molecule has 0 amide bonds. The third-order valence-electron chi connectivity index (χ3n) is 2.88. The first-order valence-electron chi connectivity index (χ1n) is 5.65. The van der Waals surface area contributed by atoms with E-state index in [1.54, 1.807) is 6.92 Å². The summed E-state index contributed by atoms with van der Waals surface area (Å²) in [6.45, 7) is 3.71. The van der Waals surface area contributed by atoms with Crippen LogP contribution in [0, 0.1) is 12.8 Å². The molecule has 1 aromatic rings. The van der Waals surface area contributed by atoms with Gasteiger partial charge in [0.2, 0.25) is 0 Å². The zero-order valence-corrected chi connectivity index (χ0v) is 10.6. The number of carbonyl (C=O) groups is 1. The molecule has 1 aliphatic heterocycles. The molecule has 0 aliphatic carbocycles. The zero-order valence-electron chi connectivity index (χ0n) is 9.77. The van der Waals surface area contributed by atoms with Gasteiger partial charge < -0.3 is 15.2 Å². The number of aromatic nitrogens is 1. The van der Waals surface area contributed by atoms with E-state index < -0.39 is 0 Å². The highest BCUT2D eigenvalue weighted by Crippen LogP contribution is 2.22. The third kappa shape index (κ3) is 2.95. The number of hydrogen-bond acceptors (Lipinski definition) is 6. The molecule has 0 unspecified atom stereocenters. The van der Waals surface area contributed by atoms with Crippen LogP contribution in [0.5, 0.6) is 0 Å². The molecule has 0 saturated carbocycles. The highest BCUT2D eigenvalue weighted by atomic mass is 32.1. The fraction of sp³-hybridized carbons (Fsp3) is 0.636. The second kappa shape index (κ2) is 5.46. The lowest BCUT2D eigenvalue weighted by atomic mass is 10.0. The minimum atomic E-state index is -0.361. The molecule has 0 radical (unpaired) electrons. The molecule has 2 N–H and O–H groups in total. The van der Waals surface area contributed by atoms with Crippen LogP contribution in [0.2, 0.25) is 0 Å². The largest absolute Gasteiger partial charge is 0.462 e.